The smallest absolute Gasteiger partial charge is 0.251 e. The van der Waals surface area contributed by atoms with Crippen molar-refractivity contribution in [3.63, 3.8) is 0 Å². The van der Waals surface area contributed by atoms with E-state index in [0.717, 1.165) is 36.1 Å². The van der Waals surface area contributed by atoms with Gasteiger partial charge in [0.2, 0.25) is 12.7 Å². The molecule has 1 heterocycles. The van der Waals surface area contributed by atoms with Crippen LogP contribution >= 0.6 is 11.6 Å². The summed E-state index contributed by atoms with van der Waals surface area (Å²) < 4.78 is 10.9. The van der Waals surface area contributed by atoms with Gasteiger partial charge in [-0.25, -0.2) is 0 Å². The number of carbonyl (C=O) groups excluding carboxylic acids is 2. The maximum absolute atomic E-state index is 13.3. The number of carbonyl (C=O) groups is 2. The number of halogens is 1. The highest BCUT2D eigenvalue weighted by Gasteiger charge is 2.51. The second-order valence-electron chi connectivity index (χ2n) is 9.44. The van der Waals surface area contributed by atoms with E-state index in [2.05, 4.69) is 10.6 Å². The topological polar surface area (TPSA) is 79.9 Å². The van der Waals surface area contributed by atoms with Gasteiger partial charge in [0.05, 0.1) is 5.41 Å². The quantitative estimate of drug-likeness (QED) is 0.437. The molecule has 2 aliphatic rings. The van der Waals surface area contributed by atoms with Crippen LogP contribution < -0.4 is 20.1 Å². The van der Waals surface area contributed by atoms with E-state index in [4.69, 9.17) is 21.1 Å². The minimum absolute atomic E-state index is 0. The van der Waals surface area contributed by atoms with Gasteiger partial charge in [-0.05, 0) is 80.5 Å². The number of fused-ring (bicyclic) bond motifs is 1. The second-order valence-corrected chi connectivity index (χ2v) is 9.84. The molecular formula is C28H32ClN3O4. The summed E-state index contributed by atoms with van der Waals surface area (Å²) in [6, 6.07) is 18.4. The number of ether oxygens (including phenoxy) is 2. The first-order valence-corrected chi connectivity index (χ1v) is 12.3. The molecule has 190 valence electrons. The number of amides is 2. The van der Waals surface area contributed by atoms with Crippen molar-refractivity contribution < 1.29 is 21.9 Å². The molecule has 1 fully saturated rings. The van der Waals surface area contributed by atoms with Gasteiger partial charge in [-0.15, -0.1) is 0 Å². The normalized spacial score (nSPS) is 15.0. The van der Waals surface area contributed by atoms with Gasteiger partial charge >= 0.3 is 0 Å². The Kier molecular flexibility index (Phi) is 6.60. The summed E-state index contributed by atoms with van der Waals surface area (Å²) >= 11 is 6.50. The third-order valence-corrected chi connectivity index (χ3v) is 6.97. The number of nitrogens with zero attached hydrogens (tertiary/aromatic N) is 1. The van der Waals surface area contributed by atoms with Crippen molar-refractivity contribution in [1.82, 2.24) is 10.2 Å². The SMILES string of the molecule is CN(C)CCNC(=O)c1ccc(-c2cc(NC(=O)C3(c4ccc5c(c4)OCO5)CC3)ccc2Cl)cc1.[HH].[HH]. The van der Waals surface area contributed by atoms with Crippen LogP contribution in [0.25, 0.3) is 11.1 Å². The molecule has 8 heteroatoms. The Bertz CT molecular complexity index is 1310. The second kappa shape index (κ2) is 9.84. The van der Waals surface area contributed by atoms with E-state index < -0.39 is 5.41 Å². The Balaban J connectivity index is 0.00000200. The lowest BCUT2D eigenvalue weighted by atomic mass is 9.94. The Morgan fingerprint density at radius 2 is 1.75 bits per heavy atom. The number of hydrogen-bond acceptors (Lipinski definition) is 5. The zero-order valence-corrected chi connectivity index (χ0v) is 21.0. The van der Waals surface area contributed by atoms with Gasteiger partial charge in [0.25, 0.3) is 5.91 Å². The first-order valence-electron chi connectivity index (χ1n) is 11.9. The van der Waals surface area contributed by atoms with Gasteiger partial charge in [0.1, 0.15) is 0 Å². The summed E-state index contributed by atoms with van der Waals surface area (Å²) in [5, 5.41) is 6.55. The Hall–Kier alpha value is -3.55. The van der Waals surface area contributed by atoms with Gasteiger partial charge in [-0.2, -0.15) is 0 Å². The van der Waals surface area contributed by atoms with E-state index >= 15 is 0 Å². The molecule has 7 nitrogen and oxygen atoms in total. The minimum Gasteiger partial charge on any atom is -0.454 e. The third-order valence-electron chi connectivity index (χ3n) is 6.64. The fourth-order valence-electron chi connectivity index (χ4n) is 4.34. The van der Waals surface area contributed by atoms with Crippen LogP contribution in [0.1, 0.15) is 31.6 Å². The van der Waals surface area contributed by atoms with Gasteiger partial charge in [-0.3, -0.25) is 9.59 Å². The highest BCUT2D eigenvalue weighted by Crippen LogP contribution is 2.51. The van der Waals surface area contributed by atoms with Crippen molar-refractivity contribution in [1.29, 1.82) is 0 Å². The summed E-state index contributed by atoms with van der Waals surface area (Å²) in [4.78, 5) is 27.7. The molecular weight excluding hydrogens is 478 g/mol. The fourth-order valence-corrected chi connectivity index (χ4v) is 4.56. The van der Waals surface area contributed by atoms with Gasteiger partial charge in [0, 0.05) is 37.8 Å². The molecule has 5 rings (SSSR count). The third kappa shape index (κ3) is 4.90. The number of rotatable bonds is 8. The van der Waals surface area contributed by atoms with E-state index in [0.29, 0.717) is 34.3 Å². The molecule has 0 saturated heterocycles. The van der Waals surface area contributed by atoms with Crippen LogP contribution in [0.5, 0.6) is 11.5 Å². The summed E-state index contributed by atoms with van der Waals surface area (Å²) in [6.07, 6.45) is 1.55. The van der Waals surface area contributed by atoms with Crippen molar-refractivity contribution in [3.8, 4) is 22.6 Å². The van der Waals surface area contributed by atoms with Crippen molar-refractivity contribution >= 4 is 29.1 Å². The van der Waals surface area contributed by atoms with Crippen molar-refractivity contribution in [2.45, 2.75) is 18.3 Å². The standard InChI is InChI=1S/C28H28ClN3O4.2H2/c1-32(2)14-13-30-26(33)19-5-3-18(4-6-19)22-16-21(8-9-23(22)29)31-27(34)28(11-12-28)20-7-10-24-25(15-20)36-17-35-24;;/h3-10,15-16H,11-14,17H2,1-2H3,(H,30,33)(H,31,34);2*1H. The monoisotopic (exact) mass is 509 g/mol. The number of benzene rings is 3. The predicted molar refractivity (Wildman–Crippen MR) is 144 cm³/mol. The number of anilines is 1. The van der Waals surface area contributed by atoms with Crippen LogP contribution in [0.4, 0.5) is 5.69 Å². The van der Waals surface area contributed by atoms with E-state index in [1.54, 1.807) is 24.3 Å². The van der Waals surface area contributed by atoms with Gasteiger partial charge in [0.15, 0.2) is 11.5 Å². The first-order chi connectivity index (χ1) is 17.4. The summed E-state index contributed by atoms with van der Waals surface area (Å²) in [6.45, 7) is 1.55. The van der Waals surface area contributed by atoms with E-state index in [9.17, 15) is 9.59 Å². The number of hydrogen-bond donors (Lipinski definition) is 2. The molecule has 0 spiro atoms. The van der Waals surface area contributed by atoms with Crippen LogP contribution in [0.15, 0.2) is 60.7 Å². The summed E-state index contributed by atoms with van der Waals surface area (Å²) in [5.41, 5.74) is 3.25. The molecule has 3 aromatic carbocycles. The summed E-state index contributed by atoms with van der Waals surface area (Å²) in [7, 11) is 3.92. The number of nitrogens with one attached hydrogen (secondary N) is 2. The zero-order valence-electron chi connectivity index (χ0n) is 20.3. The van der Waals surface area contributed by atoms with Crippen LogP contribution in [0.3, 0.4) is 0 Å². The first kappa shape index (κ1) is 24.2. The molecule has 2 amide bonds. The predicted octanol–water partition coefficient (Wildman–Crippen LogP) is 5.19. The maximum atomic E-state index is 13.3. The van der Waals surface area contributed by atoms with E-state index in [1.807, 2.05) is 55.4 Å². The molecule has 1 aliphatic carbocycles. The van der Waals surface area contributed by atoms with E-state index in [1.165, 1.54) is 0 Å². The van der Waals surface area contributed by atoms with Crippen LogP contribution in [-0.4, -0.2) is 50.7 Å². The lowest BCUT2D eigenvalue weighted by Crippen LogP contribution is -2.31. The fraction of sp³-hybridized carbons (Fsp3) is 0.286. The molecule has 0 atom stereocenters. The Labute approximate surface area is 218 Å². The van der Waals surface area contributed by atoms with Gasteiger partial charge in [-0.1, -0.05) is 29.8 Å². The highest BCUT2D eigenvalue weighted by atomic mass is 35.5. The zero-order chi connectivity index (χ0) is 25.3. The van der Waals surface area contributed by atoms with Crippen molar-refractivity contribution in [3.05, 3.63) is 76.8 Å². The van der Waals surface area contributed by atoms with E-state index in [-0.39, 0.29) is 21.5 Å². The van der Waals surface area contributed by atoms with Crippen LogP contribution in [-0.2, 0) is 10.2 Å². The molecule has 1 aliphatic heterocycles. The summed E-state index contributed by atoms with van der Waals surface area (Å²) in [5.74, 6) is 1.21. The Morgan fingerprint density at radius 3 is 2.47 bits per heavy atom. The molecule has 1 saturated carbocycles. The minimum atomic E-state index is -0.567. The highest BCUT2D eigenvalue weighted by molar-refractivity contribution is 6.33. The average molecular weight is 510 g/mol. The molecule has 0 bridgehead atoms. The molecule has 3 aromatic rings. The molecule has 2 N–H and O–H groups in total. The Morgan fingerprint density at radius 1 is 1.00 bits per heavy atom. The van der Waals surface area contributed by atoms with Crippen LogP contribution in [0.2, 0.25) is 5.02 Å². The molecule has 0 aromatic heterocycles. The van der Waals surface area contributed by atoms with Crippen LogP contribution in [0, 0.1) is 0 Å². The van der Waals surface area contributed by atoms with Crippen molar-refractivity contribution in [2.75, 3.05) is 39.3 Å². The molecule has 0 radical (unpaired) electrons. The lowest BCUT2D eigenvalue weighted by Gasteiger charge is -2.17. The molecule has 36 heavy (non-hydrogen) atoms. The lowest BCUT2D eigenvalue weighted by molar-refractivity contribution is -0.118. The average Bonchev–Trinajstić information content (AvgIpc) is 3.56. The largest absolute Gasteiger partial charge is 0.454 e. The van der Waals surface area contributed by atoms with Crippen molar-refractivity contribution in [2.24, 2.45) is 0 Å². The molecule has 0 unspecified atom stereocenters. The van der Waals surface area contributed by atoms with Gasteiger partial charge < -0.3 is 25.0 Å². The number of likely N-dealkylation sites (N-methyl/N-ethyl adjacent to an activating group) is 1. The maximum Gasteiger partial charge on any atom is 0.251 e.